The van der Waals surface area contributed by atoms with Gasteiger partial charge in [0.2, 0.25) is 10.0 Å². The van der Waals surface area contributed by atoms with E-state index in [4.69, 9.17) is 0 Å². The van der Waals surface area contributed by atoms with Crippen molar-refractivity contribution in [3.8, 4) is 0 Å². The molecule has 1 aromatic rings. The van der Waals surface area contributed by atoms with Gasteiger partial charge in [-0.05, 0) is 40.3 Å². The van der Waals surface area contributed by atoms with Gasteiger partial charge >= 0.3 is 0 Å². The fraction of sp³-hybridized carbons (Fsp3) is 0.786. The summed E-state index contributed by atoms with van der Waals surface area (Å²) in [5.74, 6) is 0. The zero-order valence-corrected chi connectivity index (χ0v) is 14.4. The van der Waals surface area contributed by atoms with E-state index in [0.29, 0.717) is 22.8 Å². The highest BCUT2D eigenvalue weighted by molar-refractivity contribution is 7.89. The SMILES string of the molecule is CCCCCNS(=O)(=O)c1c(C)nn(CCCNC)c1C. The van der Waals surface area contributed by atoms with Crippen LogP contribution in [0.25, 0.3) is 0 Å². The van der Waals surface area contributed by atoms with Gasteiger partial charge in [-0.2, -0.15) is 5.10 Å². The van der Waals surface area contributed by atoms with Gasteiger partial charge in [0.1, 0.15) is 4.90 Å². The Labute approximate surface area is 128 Å². The lowest BCUT2D eigenvalue weighted by atomic mass is 10.3. The first-order valence-corrected chi connectivity index (χ1v) is 9.10. The largest absolute Gasteiger partial charge is 0.320 e. The molecule has 21 heavy (non-hydrogen) atoms. The summed E-state index contributed by atoms with van der Waals surface area (Å²) >= 11 is 0. The molecule has 122 valence electrons. The molecule has 1 heterocycles. The molecular formula is C14H28N4O2S. The highest BCUT2D eigenvalue weighted by Gasteiger charge is 2.23. The van der Waals surface area contributed by atoms with Crippen molar-refractivity contribution in [2.45, 2.75) is 57.9 Å². The summed E-state index contributed by atoms with van der Waals surface area (Å²) < 4.78 is 29.3. The third kappa shape index (κ3) is 5.09. The van der Waals surface area contributed by atoms with E-state index in [9.17, 15) is 8.42 Å². The van der Waals surface area contributed by atoms with Crippen LogP contribution in [-0.4, -0.2) is 38.3 Å². The highest BCUT2D eigenvalue weighted by atomic mass is 32.2. The number of rotatable bonds is 10. The van der Waals surface area contributed by atoms with Crippen LogP contribution in [0, 0.1) is 13.8 Å². The van der Waals surface area contributed by atoms with Crippen LogP contribution >= 0.6 is 0 Å². The molecule has 0 aliphatic carbocycles. The summed E-state index contributed by atoms with van der Waals surface area (Å²) in [7, 11) is -1.56. The topological polar surface area (TPSA) is 76.0 Å². The molecule has 0 radical (unpaired) electrons. The number of sulfonamides is 1. The number of unbranched alkanes of at least 4 members (excludes halogenated alkanes) is 2. The lowest BCUT2D eigenvalue weighted by Gasteiger charge is -2.08. The lowest BCUT2D eigenvalue weighted by Crippen LogP contribution is -2.26. The number of nitrogens with one attached hydrogen (secondary N) is 2. The monoisotopic (exact) mass is 316 g/mol. The van der Waals surface area contributed by atoms with Gasteiger partial charge in [-0.3, -0.25) is 4.68 Å². The molecule has 6 nitrogen and oxygen atoms in total. The van der Waals surface area contributed by atoms with Crippen molar-refractivity contribution in [2.75, 3.05) is 20.1 Å². The number of hydrogen-bond acceptors (Lipinski definition) is 4. The van der Waals surface area contributed by atoms with Crippen LogP contribution in [0.1, 0.15) is 44.0 Å². The Morgan fingerprint density at radius 2 is 1.86 bits per heavy atom. The zero-order chi connectivity index (χ0) is 15.9. The number of aromatic nitrogens is 2. The molecule has 0 aromatic carbocycles. The van der Waals surface area contributed by atoms with E-state index in [0.717, 1.165) is 38.8 Å². The molecule has 0 amide bonds. The number of nitrogens with zero attached hydrogens (tertiary/aromatic N) is 2. The van der Waals surface area contributed by atoms with Gasteiger partial charge in [-0.15, -0.1) is 0 Å². The normalized spacial score (nSPS) is 12.0. The molecular weight excluding hydrogens is 288 g/mol. The summed E-state index contributed by atoms with van der Waals surface area (Å²) in [5.41, 5.74) is 1.28. The molecule has 0 atom stereocenters. The Morgan fingerprint density at radius 3 is 2.48 bits per heavy atom. The first kappa shape index (κ1) is 18.1. The van der Waals surface area contributed by atoms with Crippen molar-refractivity contribution in [3.05, 3.63) is 11.4 Å². The van der Waals surface area contributed by atoms with E-state index in [1.807, 2.05) is 14.0 Å². The van der Waals surface area contributed by atoms with Crippen LogP contribution in [0.2, 0.25) is 0 Å². The van der Waals surface area contributed by atoms with Gasteiger partial charge in [0.05, 0.1) is 11.4 Å². The Bertz CT molecular complexity index is 537. The van der Waals surface area contributed by atoms with E-state index in [-0.39, 0.29) is 0 Å². The van der Waals surface area contributed by atoms with Crippen LogP contribution in [0.4, 0.5) is 0 Å². The maximum Gasteiger partial charge on any atom is 0.244 e. The molecule has 1 aromatic heterocycles. The summed E-state index contributed by atoms with van der Waals surface area (Å²) in [6, 6.07) is 0. The van der Waals surface area contributed by atoms with Crippen molar-refractivity contribution < 1.29 is 8.42 Å². The van der Waals surface area contributed by atoms with Crippen molar-refractivity contribution in [2.24, 2.45) is 0 Å². The third-order valence-electron chi connectivity index (χ3n) is 3.45. The van der Waals surface area contributed by atoms with Crippen molar-refractivity contribution in [3.63, 3.8) is 0 Å². The van der Waals surface area contributed by atoms with Crippen LogP contribution in [0.3, 0.4) is 0 Å². The van der Waals surface area contributed by atoms with Crippen LogP contribution in [0.15, 0.2) is 4.90 Å². The molecule has 0 saturated carbocycles. The zero-order valence-electron chi connectivity index (χ0n) is 13.6. The molecule has 0 unspecified atom stereocenters. The molecule has 2 N–H and O–H groups in total. The quantitative estimate of drug-likeness (QED) is 0.643. The van der Waals surface area contributed by atoms with Gasteiger partial charge in [-0.1, -0.05) is 19.8 Å². The van der Waals surface area contributed by atoms with Crippen molar-refractivity contribution >= 4 is 10.0 Å². The molecule has 0 aliphatic rings. The Balaban J connectivity index is 2.81. The second kappa shape index (κ2) is 8.51. The smallest absolute Gasteiger partial charge is 0.244 e. The van der Waals surface area contributed by atoms with Crippen LogP contribution in [-0.2, 0) is 16.6 Å². The summed E-state index contributed by atoms with van der Waals surface area (Å²) in [4.78, 5) is 0.337. The molecule has 1 rings (SSSR count). The maximum atomic E-state index is 12.4. The fourth-order valence-electron chi connectivity index (χ4n) is 2.35. The molecule has 0 bridgehead atoms. The average molecular weight is 316 g/mol. The Morgan fingerprint density at radius 1 is 1.14 bits per heavy atom. The van der Waals surface area contributed by atoms with Crippen molar-refractivity contribution in [1.29, 1.82) is 0 Å². The minimum absolute atomic E-state index is 0.337. The minimum Gasteiger partial charge on any atom is -0.320 e. The first-order chi connectivity index (χ1) is 9.94. The average Bonchev–Trinajstić information content (AvgIpc) is 2.70. The van der Waals surface area contributed by atoms with E-state index >= 15 is 0 Å². The number of hydrogen-bond donors (Lipinski definition) is 2. The standard InChI is InChI=1S/C14H28N4O2S/c1-5-6-7-10-16-21(19,20)14-12(2)17-18(13(14)3)11-8-9-15-4/h15-16H,5-11H2,1-4H3. The van der Waals surface area contributed by atoms with Gasteiger partial charge in [0, 0.05) is 13.1 Å². The highest BCUT2D eigenvalue weighted by Crippen LogP contribution is 2.19. The third-order valence-corrected chi connectivity index (χ3v) is 5.17. The van der Waals surface area contributed by atoms with E-state index in [1.54, 1.807) is 11.6 Å². The Hall–Kier alpha value is -0.920. The summed E-state index contributed by atoms with van der Waals surface area (Å²) in [6.45, 7) is 7.76. The minimum atomic E-state index is -3.46. The van der Waals surface area contributed by atoms with E-state index in [1.165, 1.54) is 0 Å². The molecule has 0 aliphatic heterocycles. The van der Waals surface area contributed by atoms with Gasteiger partial charge in [-0.25, -0.2) is 13.1 Å². The first-order valence-electron chi connectivity index (χ1n) is 7.62. The lowest BCUT2D eigenvalue weighted by molar-refractivity contribution is 0.545. The maximum absolute atomic E-state index is 12.4. The van der Waals surface area contributed by atoms with Gasteiger partial charge in [0.25, 0.3) is 0 Å². The summed E-state index contributed by atoms with van der Waals surface area (Å²) in [5, 5.41) is 7.44. The van der Waals surface area contributed by atoms with Gasteiger partial charge in [0.15, 0.2) is 0 Å². The predicted molar refractivity (Wildman–Crippen MR) is 85.0 cm³/mol. The van der Waals surface area contributed by atoms with Crippen LogP contribution in [0.5, 0.6) is 0 Å². The van der Waals surface area contributed by atoms with E-state index in [2.05, 4.69) is 22.1 Å². The van der Waals surface area contributed by atoms with Crippen molar-refractivity contribution in [1.82, 2.24) is 19.8 Å². The second-order valence-electron chi connectivity index (χ2n) is 5.29. The molecule has 0 saturated heterocycles. The number of aryl methyl sites for hydroxylation is 2. The second-order valence-corrected chi connectivity index (χ2v) is 6.99. The van der Waals surface area contributed by atoms with E-state index < -0.39 is 10.0 Å². The molecule has 0 spiro atoms. The molecule has 7 heteroatoms. The van der Waals surface area contributed by atoms with Crippen LogP contribution < -0.4 is 10.0 Å². The summed E-state index contributed by atoms with van der Waals surface area (Å²) in [6.07, 6.45) is 3.89. The predicted octanol–water partition coefficient (Wildman–Crippen LogP) is 1.58. The molecule has 0 fully saturated rings. The fourth-order valence-corrected chi connectivity index (χ4v) is 3.83. The van der Waals surface area contributed by atoms with Gasteiger partial charge < -0.3 is 5.32 Å². The Kier molecular flexibility index (Phi) is 7.34.